The van der Waals surface area contributed by atoms with Gasteiger partial charge in [0.15, 0.2) is 0 Å². The number of benzene rings is 1. The lowest BCUT2D eigenvalue weighted by Crippen LogP contribution is -2.48. The number of thioether (sulfide) groups is 1. The fraction of sp³-hybridized carbons (Fsp3) is 0.435. The Bertz CT molecular complexity index is 1290. The number of hydrogen-bond acceptors (Lipinski definition) is 10. The lowest BCUT2D eigenvalue weighted by Gasteiger charge is -2.24. The molecule has 4 rings (SSSR count). The number of carbonyl (C=O) groups excluding carboxylic acids is 3. The Hall–Kier alpha value is -3.11. The van der Waals surface area contributed by atoms with Crippen LogP contribution in [0.3, 0.4) is 0 Å². The van der Waals surface area contributed by atoms with Gasteiger partial charge in [0.2, 0.25) is 22.1 Å². The van der Waals surface area contributed by atoms with Gasteiger partial charge >= 0.3 is 12.1 Å². The third-order valence-corrected chi connectivity index (χ3v) is 8.38. The number of nitrogens with one attached hydrogen (secondary N) is 2. The van der Waals surface area contributed by atoms with Crippen LogP contribution in [-0.4, -0.2) is 73.3 Å². The molecule has 1 fully saturated rings. The predicted molar refractivity (Wildman–Crippen MR) is 143 cm³/mol. The van der Waals surface area contributed by atoms with E-state index in [0.29, 0.717) is 34.3 Å². The third-order valence-electron chi connectivity index (χ3n) is 5.60. The van der Waals surface area contributed by atoms with E-state index >= 15 is 0 Å². The van der Waals surface area contributed by atoms with Gasteiger partial charge in [-0.3, -0.25) is 19.7 Å². The van der Waals surface area contributed by atoms with E-state index in [0.717, 1.165) is 33.4 Å². The summed E-state index contributed by atoms with van der Waals surface area (Å²) in [7, 11) is 0. The number of rotatable bonds is 11. The molecule has 2 N–H and O–H groups in total. The first-order valence-corrected chi connectivity index (χ1v) is 14.7. The van der Waals surface area contributed by atoms with Crippen LogP contribution in [0, 0.1) is 0 Å². The van der Waals surface area contributed by atoms with Crippen molar-refractivity contribution in [3.63, 3.8) is 0 Å². The van der Waals surface area contributed by atoms with Crippen LogP contribution in [0.4, 0.5) is 23.4 Å². The molecule has 1 aliphatic heterocycles. The molecule has 16 heteroatoms. The van der Waals surface area contributed by atoms with Crippen LogP contribution >= 0.6 is 34.4 Å². The van der Waals surface area contributed by atoms with Gasteiger partial charge in [0.1, 0.15) is 16.1 Å². The Morgan fingerprint density at radius 3 is 2.18 bits per heavy atom. The average molecular weight is 600 g/mol. The number of aromatic nitrogens is 4. The summed E-state index contributed by atoms with van der Waals surface area (Å²) in [4.78, 5) is 36.8. The molecule has 0 bridgehead atoms. The number of anilines is 2. The van der Waals surface area contributed by atoms with E-state index in [4.69, 9.17) is 0 Å². The molecule has 10 nitrogen and oxygen atoms in total. The van der Waals surface area contributed by atoms with Crippen molar-refractivity contribution < 1.29 is 27.6 Å². The van der Waals surface area contributed by atoms with E-state index < -0.39 is 24.0 Å². The van der Waals surface area contributed by atoms with Crippen LogP contribution in [0.1, 0.15) is 28.4 Å². The zero-order valence-corrected chi connectivity index (χ0v) is 22.9. The van der Waals surface area contributed by atoms with Gasteiger partial charge < -0.3 is 10.2 Å². The summed E-state index contributed by atoms with van der Waals surface area (Å²) in [5.74, 6) is -1.35. The molecule has 1 saturated heterocycles. The molecule has 3 aromatic rings. The van der Waals surface area contributed by atoms with Crippen LogP contribution in [0.5, 0.6) is 0 Å². The molecule has 1 aromatic carbocycles. The molecule has 39 heavy (non-hydrogen) atoms. The highest BCUT2D eigenvalue weighted by Gasteiger charge is 2.47. The van der Waals surface area contributed by atoms with E-state index in [1.807, 2.05) is 30.3 Å². The van der Waals surface area contributed by atoms with E-state index in [1.54, 1.807) is 11.8 Å². The Labute approximate surface area is 233 Å². The number of halogens is 3. The molecule has 0 saturated carbocycles. The Kier molecular flexibility index (Phi) is 9.85. The minimum absolute atomic E-state index is 0.115. The van der Waals surface area contributed by atoms with Crippen molar-refractivity contribution >= 4 is 62.4 Å². The van der Waals surface area contributed by atoms with Gasteiger partial charge in [0.25, 0.3) is 0 Å². The maximum Gasteiger partial charge on any atom is 0.471 e. The highest BCUT2D eigenvalue weighted by atomic mass is 32.2. The van der Waals surface area contributed by atoms with Crippen LogP contribution < -0.4 is 10.6 Å². The van der Waals surface area contributed by atoms with Crippen molar-refractivity contribution in [3.8, 4) is 0 Å². The fourth-order valence-corrected chi connectivity index (χ4v) is 6.45. The van der Waals surface area contributed by atoms with Crippen LogP contribution in [0.15, 0.2) is 30.3 Å². The normalized spacial score (nSPS) is 15.4. The second kappa shape index (κ2) is 13.3. The first kappa shape index (κ1) is 28.9. The Morgan fingerprint density at radius 2 is 1.56 bits per heavy atom. The SMILES string of the molecule is O=C(Cc1ccccc1)Nc1nnc(CCSCCc2nnc(NC(=O)C3CCCN3C(=O)C(F)(F)F)s2)s1. The van der Waals surface area contributed by atoms with Crippen molar-refractivity contribution in [2.24, 2.45) is 0 Å². The number of amides is 3. The molecule has 1 atom stereocenters. The third kappa shape index (κ3) is 8.44. The molecule has 3 amide bonds. The van der Waals surface area contributed by atoms with Gasteiger partial charge in [-0.25, -0.2) is 0 Å². The summed E-state index contributed by atoms with van der Waals surface area (Å²) in [5.41, 5.74) is 0.916. The molecule has 0 radical (unpaired) electrons. The fourth-order valence-electron chi connectivity index (χ4n) is 3.81. The second-order valence-corrected chi connectivity index (χ2v) is 11.8. The number of aryl methyl sites for hydroxylation is 2. The standard InChI is InChI=1S/C23H24F3N7O3S3/c24-23(25,26)20(36)33-10-4-7-15(33)19(35)28-22-32-30-18(39-22)9-12-37-11-8-17-29-31-21(38-17)27-16(34)13-14-5-2-1-3-6-14/h1-3,5-6,15H,4,7-13H2,(H,27,31,34)(H,28,32,35). The molecule has 3 heterocycles. The first-order chi connectivity index (χ1) is 18.7. The summed E-state index contributed by atoms with van der Waals surface area (Å²) in [6.07, 6.45) is -3.00. The maximum atomic E-state index is 12.8. The van der Waals surface area contributed by atoms with Gasteiger partial charge in [-0.05, 0) is 29.9 Å². The van der Waals surface area contributed by atoms with E-state index in [1.165, 1.54) is 11.3 Å². The molecule has 1 aliphatic rings. The smallest absolute Gasteiger partial charge is 0.323 e. The lowest BCUT2D eigenvalue weighted by atomic mass is 10.1. The van der Waals surface area contributed by atoms with Gasteiger partial charge in [-0.15, -0.1) is 20.4 Å². The van der Waals surface area contributed by atoms with Gasteiger partial charge in [-0.1, -0.05) is 53.0 Å². The second-order valence-electron chi connectivity index (χ2n) is 8.47. The molecular formula is C23H24F3N7O3S3. The monoisotopic (exact) mass is 599 g/mol. The highest BCUT2D eigenvalue weighted by molar-refractivity contribution is 7.99. The van der Waals surface area contributed by atoms with Gasteiger partial charge in [0, 0.05) is 19.4 Å². The van der Waals surface area contributed by atoms with E-state index in [2.05, 4.69) is 31.0 Å². The number of hydrogen-bond donors (Lipinski definition) is 2. The van der Waals surface area contributed by atoms with Gasteiger partial charge in [0.05, 0.1) is 6.42 Å². The largest absolute Gasteiger partial charge is 0.471 e. The average Bonchev–Trinajstić information content (AvgIpc) is 3.65. The maximum absolute atomic E-state index is 12.8. The Morgan fingerprint density at radius 1 is 0.949 bits per heavy atom. The quantitative estimate of drug-likeness (QED) is 0.320. The molecule has 0 aliphatic carbocycles. The van der Waals surface area contributed by atoms with E-state index in [-0.39, 0.29) is 30.4 Å². The summed E-state index contributed by atoms with van der Waals surface area (Å²) < 4.78 is 38.4. The number of likely N-dealkylation sites (tertiary alicyclic amines) is 1. The zero-order chi connectivity index (χ0) is 27.8. The van der Waals surface area contributed by atoms with Crippen LogP contribution in [0.25, 0.3) is 0 Å². The lowest BCUT2D eigenvalue weighted by molar-refractivity contribution is -0.186. The molecule has 208 valence electrons. The van der Waals surface area contributed by atoms with Crippen molar-refractivity contribution in [2.45, 2.75) is 44.3 Å². The van der Waals surface area contributed by atoms with E-state index in [9.17, 15) is 27.6 Å². The summed E-state index contributed by atoms with van der Waals surface area (Å²) >= 11 is 4.15. The summed E-state index contributed by atoms with van der Waals surface area (Å²) in [6, 6.07) is 8.24. The van der Waals surface area contributed by atoms with Crippen molar-refractivity contribution in [1.82, 2.24) is 25.3 Å². The topological polar surface area (TPSA) is 130 Å². The van der Waals surface area contributed by atoms with Crippen molar-refractivity contribution in [3.05, 3.63) is 45.9 Å². The van der Waals surface area contributed by atoms with Crippen molar-refractivity contribution in [2.75, 3.05) is 28.7 Å². The highest BCUT2D eigenvalue weighted by Crippen LogP contribution is 2.27. The first-order valence-electron chi connectivity index (χ1n) is 11.9. The Balaban J connectivity index is 1.14. The number of carbonyl (C=O) groups is 3. The molecule has 2 aromatic heterocycles. The van der Waals surface area contributed by atoms with Crippen LogP contribution in [0.2, 0.25) is 0 Å². The number of alkyl halides is 3. The zero-order valence-electron chi connectivity index (χ0n) is 20.4. The molecule has 1 unspecified atom stereocenters. The van der Waals surface area contributed by atoms with Crippen LogP contribution in [-0.2, 0) is 33.6 Å². The minimum Gasteiger partial charge on any atom is -0.323 e. The van der Waals surface area contributed by atoms with Crippen molar-refractivity contribution in [1.29, 1.82) is 0 Å². The molecule has 0 spiro atoms. The molecular weight excluding hydrogens is 575 g/mol. The predicted octanol–water partition coefficient (Wildman–Crippen LogP) is 3.58. The van der Waals surface area contributed by atoms with Gasteiger partial charge in [-0.2, -0.15) is 24.9 Å². The number of nitrogens with zero attached hydrogens (tertiary/aromatic N) is 5. The summed E-state index contributed by atoms with van der Waals surface area (Å²) in [5, 5.41) is 23.4. The minimum atomic E-state index is -5.02. The summed E-state index contributed by atoms with van der Waals surface area (Å²) in [6.45, 7) is -0.115.